The van der Waals surface area contributed by atoms with Crippen molar-refractivity contribution in [1.29, 1.82) is 0 Å². The van der Waals surface area contributed by atoms with Crippen LogP contribution in [0.2, 0.25) is 0 Å². The molecule has 4 N–H and O–H groups in total. The largest absolute Gasteiger partial charge is 0.363 e. The predicted molar refractivity (Wildman–Crippen MR) is 59.3 cm³/mol. The lowest BCUT2D eigenvalue weighted by Crippen LogP contribution is -2.11. The highest BCUT2D eigenvalue weighted by molar-refractivity contribution is 7.09. The summed E-state index contributed by atoms with van der Waals surface area (Å²) in [7, 11) is 0. The summed E-state index contributed by atoms with van der Waals surface area (Å²) in [6.07, 6.45) is 3.40. The van der Waals surface area contributed by atoms with Crippen molar-refractivity contribution >= 4 is 23.1 Å². The maximum Gasteiger partial charge on any atom is 0.239 e. The molecule has 0 radical (unpaired) electrons. The van der Waals surface area contributed by atoms with Gasteiger partial charge in [-0.15, -0.1) is 11.3 Å². The van der Waals surface area contributed by atoms with Gasteiger partial charge in [0.05, 0.1) is 6.54 Å². The number of rotatable bonds is 4. The molecule has 0 spiro atoms. The molecule has 0 bridgehead atoms. The van der Waals surface area contributed by atoms with Gasteiger partial charge in [-0.05, 0) is 6.07 Å². The highest BCUT2D eigenvalue weighted by Crippen LogP contribution is 2.09. The maximum absolute atomic E-state index is 5.20. The third-order valence-corrected chi connectivity index (χ3v) is 2.47. The Morgan fingerprint density at radius 2 is 2.27 bits per heavy atom. The van der Waals surface area contributed by atoms with E-state index in [1.807, 2.05) is 5.38 Å². The van der Waals surface area contributed by atoms with Crippen molar-refractivity contribution in [2.45, 2.75) is 6.54 Å². The maximum atomic E-state index is 5.20. The third-order valence-electron chi connectivity index (χ3n) is 1.69. The zero-order valence-electron chi connectivity index (χ0n) is 7.84. The molecule has 2 heterocycles. The first-order valence-electron chi connectivity index (χ1n) is 4.30. The van der Waals surface area contributed by atoms with Gasteiger partial charge in [0, 0.05) is 17.8 Å². The zero-order chi connectivity index (χ0) is 10.5. The molecule has 0 atom stereocenters. The van der Waals surface area contributed by atoms with Crippen LogP contribution in [0.5, 0.6) is 0 Å². The molecule has 6 nitrogen and oxygen atoms in total. The van der Waals surface area contributed by atoms with Gasteiger partial charge < -0.3 is 5.32 Å². The second kappa shape index (κ2) is 4.67. The molecule has 2 aromatic heterocycles. The summed E-state index contributed by atoms with van der Waals surface area (Å²) in [5, 5.41) is 6.07. The van der Waals surface area contributed by atoms with E-state index < -0.39 is 0 Å². The van der Waals surface area contributed by atoms with E-state index in [-0.39, 0.29) is 0 Å². The highest BCUT2D eigenvalue weighted by atomic mass is 32.1. The van der Waals surface area contributed by atoms with Crippen LogP contribution in [0, 0.1) is 0 Å². The highest BCUT2D eigenvalue weighted by Gasteiger charge is 1.98. The van der Waals surface area contributed by atoms with Gasteiger partial charge in [0.25, 0.3) is 0 Å². The summed E-state index contributed by atoms with van der Waals surface area (Å²) in [5.41, 5.74) is 2.39. The Hall–Kier alpha value is -1.73. The SMILES string of the molecule is NNc1nccc(NCc2nccs2)n1. The molecule has 2 aromatic rings. The first-order valence-corrected chi connectivity index (χ1v) is 5.18. The molecule has 7 heteroatoms. The number of nitrogens with zero attached hydrogens (tertiary/aromatic N) is 3. The number of hydrogen-bond donors (Lipinski definition) is 3. The quantitative estimate of drug-likeness (QED) is 0.524. The lowest BCUT2D eigenvalue weighted by molar-refractivity contribution is 1.05. The minimum absolute atomic E-state index is 0.388. The van der Waals surface area contributed by atoms with Gasteiger partial charge in [-0.1, -0.05) is 0 Å². The van der Waals surface area contributed by atoms with Crippen LogP contribution in [0.3, 0.4) is 0 Å². The van der Waals surface area contributed by atoms with E-state index in [4.69, 9.17) is 5.84 Å². The Morgan fingerprint density at radius 1 is 1.33 bits per heavy atom. The van der Waals surface area contributed by atoms with Crippen LogP contribution in [-0.2, 0) is 6.54 Å². The number of hydrazine groups is 1. The molecule has 0 amide bonds. The van der Waals surface area contributed by atoms with Crippen LogP contribution in [0.4, 0.5) is 11.8 Å². The monoisotopic (exact) mass is 222 g/mol. The van der Waals surface area contributed by atoms with Gasteiger partial charge in [-0.3, -0.25) is 5.43 Å². The number of thiazole rings is 1. The van der Waals surface area contributed by atoms with Gasteiger partial charge in [-0.25, -0.2) is 15.8 Å². The molecular formula is C8H10N6S. The smallest absolute Gasteiger partial charge is 0.239 e. The van der Waals surface area contributed by atoms with E-state index in [1.165, 1.54) is 0 Å². The van der Waals surface area contributed by atoms with Crippen molar-refractivity contribution in [1.82, 2.24) is 15.0 Å². The Labute approximate surface area is 90.6 Å². The third kappa shape index (κ3) is 2.61. The average molecular weight is 222 g/mol. The van der Waals surface area contributed by atoms with E-state index in [9.17, 15) is 0 Å². The minimum atomic E-state index is 0.388. The van der Waals surface area contributed by atoms with Gasteiger partial charge >= 0.3 is 0 Å². The van der Waals surface area contributed by atoms with Crippen LogP contribution < -0.4 is 16.6 Å². The van der Waals surface area contributed by atoms with Gasteiger partial charge in [0.15, 0.2) is 0 Å². The fourth-order valence-electron chi connectivity index (χ4n) is 1.03. The Bertz CT molecular complexity index is 415. The molecule has 0 fully saturated rings. The van der Waals surface area contributed by atoms with Crippen molar-refractivity contribution < 1.29 is 0 Å². The van der Waals surface area contributed by atoms with E-state index in [1.54, 1.807) is 29.8 Å². The fraction of sp³-hybridized carbons (Fsp3) is 0.125. The second-order valence-electron chi connectivity index (χ2n) is 2.69. The predicted octanol–water partition coefficient (Wildman–Crippen LogP) is 0.831. The molecule has 0 saturated heterocycles. The Morgan fingerprint density at radius 3 is 3.00 bits per heavy atom. The van der Waals surface area contributed by atoms with Crippen molar-refractivity contribution in [3.8, 4) is 0 Å². The van der Waals surface area contributed by atoms with Gasteiger partial charge in [0.1, 0.15) is 10.8 Å². The minimum Gasteiger partial charge on any atom is -0.363 e. The summed E-state index contributed by atoms with van der Waals surface area (Å²) in [6.45, 7) is 0.651. The van der Waals surface area contributed by atoms with E-state index >= 15 is 0 Å². The van der Waals surface area contributed by atoms with Crippen LogP contribution in [-0.4, -0.2) is 15.0 Å². The van der Waals surface area contributed by atoms with E-state index in [0.717, 1.165) is 5.01 Å². The number of nitrogens with one attached hydrogen (secondary N) is 2. The molecule has 0 unspecified atom stereocenters. The molecule has 78 valence electrons. The summed E-state index contributed by atoms with van der Waals surface area (Å²) < 4.78 is 0. The second-order valence-corrected chi connectivity index (χ2v) is 3.67. The Balaban J connectivity index is 1.98. The number of aromatic nitrogens is 3. The van der Waals surface area contributed by atoms with Crippen molar-refractivity contribution in [2.24, 2.45) is 5.84 Å². The fourth-order valence-corrected chi connectivity index (χ4v) is 1.59. The number of nitrogen functional groups attached to an aromatic ring is 1. The normalized spacial score (nSPS) is 9.93. The lowest BCUT2D eigenvalue weighted by Gasteiger charge is -2.04. The van der Waals surface area contributed by atoms with Crippen molar-refractivity contribution in [3.05, 3.63) is 28.8 Å². The average Bonchev–Trinajstić information content (AvgIpc) is 2.79. The topological polar surface area (TPSA) is 88.8 Å². The molecule has 15 heavy (non-hydrogen) atoms. The summed E-state index contributed by atoms with van der Waals surface area (Å²) in [5.74, 6) is 6.30. The number of hydrogen-bond acceptors (Lipinski definition) is 7. The molecule has 2 rings (SSSR count). The molecule has 0 aromatic carbocycles. The van der Waals surface area contributed by atoms with Gasteiger partial charge in [-0.2, -0.15) is 4.98 Å². The van der Waals surface area contributed by atoms with E-state index in [0.29, 0.717) is 18.3 Å². The van der Waals surface area contributed by atoms with Crippen molar-refractivity contribution in [3.63, 3.8) is 0 Å². The van der Waals surface area contributed by atoms with Crippen LogP contribution in [0.25, 0.3) is 0 Å². The van der Waals surface area contributed by atoms with Crippen molar-refractivity contribution in [2.75, 3.05) is 10.7 Å². The van der Waals surface area contributed by atoms with Gasteiger partial charge in [0.2, 0.25) is 5.95 Å². The Kier molecular flexibility index (Phi) is 3.05. The van der Waals surface area contributed by atoms with E-state index in [2.05, 4.69) is 25.7 Å². The standard InChI is InChI=1S/C8H10N6S/c9-14-8-11-2-1-6(13-8)12-5-7-10-3-4-15-7/h1-4H,5,9H2,(H2,11,12,13,14). The summed E-state index contributed by atoms with van der Waals surface area (Å²) in [4.78, 5) is 12.2. The first-order chi connectivity index (χ1) is 7.38. The zero-order valence-corrected chi connectivity index (χ0v) is 8.66. The molecule has 0 aliphatic carbocycles. The molecule has 0 aliphatic rings. The molecule has 0 saturated carbocycles. The van der Waals surface area contributed by atoms with Crippen LogP contribution in [0.15, 0.2) is 23.8 Å². The lowest BCUT2D eigenvalue weighted by atomic mass is 10.5. The summed E-state index contributed by atoms with van der Waals surface area (Å²) >= 11 is 1.59. The molecular weight excluding hydrogens is 212 g/mol. The number of nitrogens with two attached hydrogens (primary N) is 1. The summed E-state index contributed by atoms with van der Waals surface area (Å²) in [6, 6.07) is 1.77. The molecule has 0 aliphatic heterocycles. The van der Waals surface area contributed by atoms with Crippen LogP contribution >= 0.6 is 11.3 Å². The van der Waals surface area contributed by atoms with Crippen LogP contribution in [0.1, 0.15) is 5.01 Å². The first kappa shape index (κ1) is 9.81. The number of anilines is 2.